The molecule has 0 aromatic heterocycles. The van der Waals surface area contributed by atoms with Gasteiger partial charge in [0.25, 0.3) is 0 Å². The van der Waals surface area contributed by atoms with Crippen molar-refractivity contribution in [3.8, 4) is 0 Å². The van der Waals surface area contributed by atoms with E-state index in [1.807, 2.05) is 30.3 Å². The maximum Gasteiger partial charge on any atom is 0.509 e. The Hall–Kier alpha value is -2.46. The second kappa shape index (κ2) is 9.84. The Balaban J connectivity index is 1.84. The van der Waals surface area contributed by atoms with Crippen molar-refractivity contribution < 1.29 is 42.7 Å². The van der Waals surface area contributed by atoms with E-state index in [0.29, 0.717) is 0 Å². The number of ether oxygens (including phenoxy) is 7. The molecule has 9 nitrogen and oxygen atoms in total. The van der Waals surface area contributed by atoms with E-state index in [4.69, 9.17) is 33.2 Å². The molecular weight excluding hydrogens is 384 g/mol. The van der Waals surface area contributed by atoms with Crippen molar-refractivity contribution in [2.24, 2.45) is 0 Å². The zero-order valence-corrected chi connectivity index (χ0v) is 16.2. The summed E-state index contributed by atoms with van der Waals surface area (Å²) in [6, 6.07) is 9.29. The molecule has 1 aromatic rings. The summed E-state index contributed by atoms with van der Waals surface area (Å²) in [5.41, 5.74) is 0.789. The molecule has 1 unspecified atom stereocenters. The minimum absolute atomic E-state index is 0.0291. The van der Waals surface area contributed by atoms with Gasteiger partial charge < -0.3 is 33.2 Å². The zero-order chi connectivity index (χ0) is 20.8. The average molecular weight is 408 g/mol. The summed E-state index contributed by atoms with van der Waals surface area (Å²) in [7, 11) is 1.39. The highest BCUT2D eigenvalue weighted by molar-refractivity contribution is 5.66. The van der Waals surface area contributed by atoms with Crippen molar-refractivity contribution in [2.45, 2.75) is 43.9 Å². The van der Waals surface area contributed by atoms with E-state index in [9.17, 15) is 9.59 Å². The standard InChI is InChI=1S/C20H24O9/c1-4-10-24-20(22)29-16-15-14(27-19(23-3)17(16)26-12(2)21)11-25-18(28-15)13-8-6-5-7-9-13/h4-9,14-19H,1,10-11H2,2-3H3/t14-,15-,16+,17-,18?,19+/m1/s1. The Kier molecular flexibility index (Phi) is 7.21. The lowest BCUT2D eigenvalue weighted by Gasteiger charge is -2.47. The summed E-state index contributed by atoms with van der Waals surface area (Å²) in [4.78, 5) is 23.8. The first-order valence-electron chi connectivity index (χ1n) is 9.15. The van der Waals surface area contributed by atoms with E-state index in [1.54, 1.807) is 0 Å². The maximum atomic E-state index is 12.1. The minimum Gasteiger partial charge on any atom is -0.453 e. The van der Waals surface area contributed by atoms with E-state index < -0.39 is 49.1 Å². The van der Waals surface area contributed by atoms with E-state index >= 15 is 0 Å². The van der Waals surface area contributed by atoms with Crippen LogP contribution in [0.2, 0.25) is 0 Å². The molecule has 158 valence electrons. The van der Waals surface area contributed by atoms with Gasteiger partial charge >= 0.3 is 12.1 Å². The monoisotopic (exact) mass is 408 g/mol. The molecule has 0 spiro atoms. The molecule has 6 atom stereocenters. The van der Waals surface area contributed by atoms with Crippen molar-refractivity contribution in [3.05, 3.63) is 48.6 Å². The molecule has 2 saturated heterocycles. The van der Waals surface area contributed by atoms with Crippen LogP contribution in [0.1, 0.15) is 18.8 Å². The summed E-state index contributed by atoms with van der Waals surface area (Å²) in [5.74, 6) is -0.584. The van der Waals surface area contributed by atoms with E-state index in [2.05, 4.69) is 6.58 Å². The molecule has 0 bridgehead atoms. The first-order valence-corrected chi connectivity index (χ1v) is 9.15. The minimum atomic E-state index is -1.05. The van der Waals surface area contributed by atoms with Gasteiger partial charge in [-0.1, -0.05) is 43.0 Å². The number of carbonyl (C=O) groups is 2. The molecule has 0 N–H and O–H groups in total. The molecule has 2 aliphatic rings. The third-order valence-electron chi connectivity index (χ3n) is 4.44. The quantitative estimate of drug-likeness (QED) is 0.518. The van der Waals surface area contributed by atoms with Gasteiger partial charge in [0, 0.05) is 19.6 Å². The number of fused-ring (bicyclic) bond motifs is 1. The Morgan fingerprint density at radius 1 is 1.17 bits per heavy atom. The largest absolute Gasteiger partial charge is 0.509 e. The van der Waals surface area contributed by atoms with Crippen LogP contribution in [0.4, 0.5) is 4.79 Å². The number of hydrogen-bond acceptors (Lipinski definition) is 9. The molecule has 0 saturated carbocycles. The summed E-state index contributed by atoms with van der Waals surface area (Å²) in [5, 5.41) is 0. The van der Waals surface area contributed by atoms with Gasteiger partial charge in [-0.25, -0.2) is 4.79 Å². The second-order valence-corrected chi connectivity index (χ2v) is 6.46. The van der Waals surface area contributed by atoms with Crippen LogP contribution < -0.4 is 0 Å². The average Bonchev–Trinajstić information content (AvgIpc) is 2.73. The molecular formula is C20H24O9. The molecule has 2 heterocycles. The Morgan fingerprint density at radius 2 is 1.93 bits per heavy atom. The fraction of sp³-hybridized carbons (Fsp3) is 0.500. The van der Waals surface area contributed by atoms with Crippen molar-refractivity contribution in [2.75, 3.05) is 20.3 Å². The molecule has 9 heteroatoms. The van der Waals surface area contributed by atoms with Crippen molar-refractivity contribution in [3.63, 3.8) is 0 Å². The smallest absolute Gasteiger partial charge is 0.453 e. The first-order chi connectivity index (χ1) is 14.0. The van der Waals surface area contributed by atoms with Gasteiger partial charge in [-0.3, -0.25) is 4.79 Å². The van der Waals surface area contributed by atoms with E-state index in [1.165, 1.54) is 20.1 Å². The highest BCUT2D eigenvalue weighted by Gasteiger charge is 2.54. The molecule has 0 radical (unpaired) electrons. The fourth-order valence-electron chi connectivity index (χ4n) is 3.24. The van der Waals surface area contributed by atoms with Crippen molar-refractivity contribution >= 4 is 12.1 Å². The summed E-state index contributed by atoms with van der Waals surface area (Å²) >= 11 is 0. The Labute approximate surface area is 168 Å². The fourth-order valence-corrected chi connectivity index (χ4v) is 3.24. The summed E-state index contributed by atoms with van der Waals surface area (Å²) in [6.45, 7) is 4.86. The van der Waals surface area contributed by atoms with Gasteiger partial charge in [0.2, 0.25) is 0 Å². The van der Waals surface area contributed by atoms with Crippen LogP contribution in [-0.4, -0.2) is 63.2 Å². The summed E-state index contributed by atoms with van der Waals surface area (Å²) in [6.07, 6.45) is -4.68. The lowest BCUT2D eigenvalue weighted by Crippen LogP contribution is -2.64. The van der Waals surface area contributed by atoms with Gasteiger partial charge in [-0.2, -0.15) is 0 Å². The predicted octanol–water partition coefficient (Wildman–Crippen LogP) is 2.11. The van der Waals surface area contributed by atoms with Crippen LogP contribution in [-0.2, 0) is 38.0 Å². The molecule has 29 heavy (non-hydrogen) atoms. The van der Waals surface area contributed by atoms with Gasteiger partial charge in [-0.15, -0.1) is 0 Å². The lowest BCUT2D eigenvalue weighted by atomic mass is 9.97. The van der Waals surface area contributed by atoms with Crippen LogP contribution in [0.15, 0.2) is 43.0 Å². The number of rotatable bonds is 6. The number of hydrogen-bond donors (Lipinski definition) is 0. The van der Waals surface area contributed by atoms with Crippen molar-refractivity contribution in [1.29, 1.82) is 0 Å². The molecule has 1 aromatic carbocycles. The molecule has 3 rings (SSSR count). The summed E-state index contributed by atoms with van der Waals surface area (Å²) < 4.78 is 38.7. The number of carbonyl (C=O) groups excluding carboxylic acids is 2. The Morgan fingerprint density at radius 3 is 2.59 bits per heavy atom. The Bertz CT molecular complexity index is 707. The third-order valence-corrected chi connectivity index (χ3v) is 4.44. The molecule has 0 amide bonds. The maximum absolute atomic E-state index is 12.1. The van der Waals surface area contributed by atoms with Crippen molar-refractivity contribution in [1.82, 2.24) is 0 Å². The van der Waals surface area contributed by atoms with Crippen LogP contribution in [0, 0.1) is 0 Å². The second-order valence-electron chi connectivity index (χ2n) is 6.46. The van der Waals surface area contributed by atoms with Gasteiger partial charge in [-0.05, 0) is 0 Å². The van der Waals surface area contributed by atoms with Gasteiger partial charge in [0.05, 0.1) is 6.61 Å². The van der Waals surface area contributed by atoms with Crippen LogP contribution in [0.3, 0.4) is 0 Å². The molecule has 2 fully saturated rings. The molecule has 0 aliphatic carbocycles. The van der Waals surface area contributed by atoms with E-state index in [-0.39, 0.29) is 13.2 Å². The highest BCUT2D eigenvalue weighted by Crippen LogP contribution is 2.36. The lowest BCUT2D eigenvalue weighted by molar-refractivity contribution is -0.358. The van der Waals surface area contributed by atoms with Gasteiger partial charge in [0.15, 0.2) is 24.8 Å². The third kappa shape index (κ3) is 5.13. The normalized spacial score (nSPS) is 31.2. The first kappa shape index (κ1) is 21.3. The topological polar surface area (TPSA) is 98.8 Å². The van der Waals surface area contributed by atoms with Gasteiger partial charge in [0.1, 0.15) is 18.8 Å². The van der Waals surface area contributed by atoms with Crippen LogP contribution >= 0.6 is 0 Å². The highest BCUT2D eigenvalue weighted by atomic mass is 16.8. The predicted molar refractivity (Wildman–Crippen MR) is 97.7 cm³/mol. The van der Waals surface area contributed by atoms with Crippen LogP contribution in [0.25, 0.3) is 0 Å². The number of benzene rings is 1. The number of methoxy groups -OCH3 is 1. The van der Waals surface area contributed by atoms with Crippen LogP contribution in [0.5, 0.6) is 0 Å². The van der Waals surface area contributed by atoms with E-state index in [0.717, 1.165) is 5.56 Å². The zero-order valence-electron chi connectivity index (χ0n) is 16.2. The molecule has 2 aliphatic heterocycles. The SMILES string of the molecule is C=CCOC(=O)O[C@@H]1[C@@H](OC(C)=O)[C@@H](OC)O[C@@H]2COC(c3ccccc3)O[C@@H]12. The number of esters is 1.